The Morgan fingerprint density at radius 1 is 1.27 bits per heavy atom. The van der Waals surface area contributed by atoms with Gasteiger partial charge in [0.2, 0.25) is 0 Å². The van der Waals surface area contributed by atoms with Crippen molar-refractivity contribution in [3.63, 3.8) is 0 Å². The predicted octanol–water partition coefficient (Wildman–Crippen LogP) is 3.34. The fraction of sp³-hybridized carbons (Fsp3) is 0.375. The molecule has 0 radical (unpaired) electrons. The van der Waals surface area contributed by atoms with Crippen LogP contribution in [0.15, 0.2) is 47.4 Å². The first-order chi connectivity index (χ1) is 15.5. The third-order valence-corrected chi connectivity index (χ3v) is 7.45. The Morgan fingerprint density at radius 3 is 2.67 bits per heavy atom. The van der Waals surface area contributed by atoms with Crippen molar-refractivity contribution in [3.8, 4) is 5.75 Å². The van der Waals surface area contributed by atoms with Crippen LogP contribution in [-0.4, -0.2) is 44.3 Å². The van der Waals surface area contributed by atoms with E-state index in [1.807, 2.05) is 0 Å². The number of fused-ring (bicyclic) bond motifs is 1. The molecule has 1 aliphatic carbocycles. The van der Waals surface area contributed by atoms with Crippen LogP contribution in [0.5, 0.6) is 5.75 Å². The second kappa shape index (κ2) is 8.30. The number of amides is 1. The largest absolute Gasteiger partial charge is 0.497 e. The van der Waals surface area contributed by atoms with Gasteiger partial charge >= 0.3 is 0 Å². The summed E-state index contributed by atoms with van der Waals surface area (Å²) in [5.41, 5.74) is 0.518. The molecule has 4 rings (SSSR count). The van der Waals surface area contributed by atoms with Gasteiger partial charge in [-0.2, -0.15) is 0 Å². The van der Waals surface area contributed by atoms with E-state index in [1.165, 1.54) is 12.2 Å². The highest BCUT2D eigenvalue weighted by atomic mass is 32.2. The van der Waals surface area contributed by atoms with Gasteiger partial charge in [0.05, 0.1) is 18.2 Å². The molecular weight excluding hydrogens is 442 g/mol. The summed E-state index contributed by atoms with van der Waals surface area (Å²) in [5.74, 6) is -0.00556. The fourth-order valence-electron chi connectivity index (χ4n) is 4.60. The van der Waals surface area contributed by atoms with Gasteiger partial charge in [-0.1, -0.05) is 19.1 Å². The summed E-state index contributed by atoms with van der Waals surface area (Å²) >= 11 is 0. The van der Waals surface area contributed by atoms with Crippen LogP contribution in [0.25, 0.3) is 10.9 Å². The topological polar surface area (TPSA) is 106 Å². The fourth-order valence-corrected chi connectivity index (χ4v) is 5.70. The number of carbonyl (C=O) groups excluding carboxylic acids is 2. The maximum Gasteiger partial charge on any atom is 0.268 e. The molecule has 1 amide bonds. The first-order valence-electron chi connectivity index (χ1n) is 10.8. The molecular formula is C24H27N3O5S. The maximum atomic E-state index is 13.3. The molecule has 1 fully saturated rings. The van der Waals surface area contributed by atoms with E-state index in [1.54, 1.807) is 37.5 Å². The van der Waals surface area contributed by atoms with Gasteiger partial charge in [-0.25, -0.2) is 18.1 Å². The normalized spacial score (nSPS) is 20.1. The van der Waals surface area contributed by atoms with E-state index < -0.39 is 26.6 Å². The molecule has 33 heavy (non-hydrogen) atoms. The molecule has 1 N–H and O–H groups in total. The summed E-state index contributed by atoms with van der Waals surface area (Å²) in [7, 11) is -2.79. The van der Waals surface area contributed by atoms with Crippen LogP contribution in [0.3, 0.4) is 0 Å². The lowest BCUT2D eigenvalue weighted by atomic mass is 9.97. The van der Waals surface area contributed by atoms with Gasteiger partial charge in [-0.05, 0) is 56.5 Å². The Hall–Kier alpha value is -3.20. The van der Waals surface area contributed by atoms with Crippen LogP contribution in [-0.2, 0) is 14.8 Å². The van der Waals surface area contributed by atoms with Crippen molar-refractivity contribution >= 4 is 38.4 Å². The van der Waals surface area contributed by atoms with Crippen LogP contribution in [0.1, 0.15) is 44.0 Å². The number of aromatic nitrogens is 1. The number of benzene rings is 1. The number of ketones is 1. The number of carbonyl (C=O) groups is 2. The van der Waals surface area contributed by atoms with Gasteiger partial charge in [0, 0.05) is 23.9 Å². The molecule has 174 valence electrons. The average Bonchev–Trinajstić information content (AvgIpc) is 3.03. The number of rotatable bonds is 5. The van der Waals surface area contributed by atoms with Gasteiger partial charge in [0.15, 0.2) is 5.78 Å². The van der Waals surface area contributed by atoms with E-state index in [-0.39, 0.29) is 17.5 Å². The Balaban J connectivity index is 1.82. The number of hydrogen-bond donors (Lipinski definition) is 1. The monoisotopic (exact) mass is 469 g/mol. The summed E-state index contributed by atoms with van der Waals surface area (Å²) in [6, 6.07) is 6.96. The van der Waals surface area contributed by atoms with Crippen LogP contribution in [0, 0.1) is 5.92 Å². The predicted molar refractivity (Wildman–Crippen MR) is 127 cm³/mol. The van der Waals surface area contributed by atoms with Gasteiger partial charge in [0.25, 0.3) is 15.9 Å². The van der Waals surface area contributed by atoms with Crippen molar-refractivity contribution < 1.29 is 22.7 Å². The van der Waals surface area contributed by atoms with Crippen LogP contribution < -0.4 is 14.4 Å². The molecule has 9 heteroatoms. The second-order valence-electron chi connectivity index (χ2n) is 9.17. The SMILES string of the molecule is COc1ccc2nc(N3C[C@@H](C)CC3(C)C)c(C(=O)NS(=O)(=O)C3=CC=CCC3=O)cc2c1. The molecule has 8 nitrogen and oxygen atoms in total. The number of anilines is 1. The number of allylic oxidation sites excluding steroid dienone is 4. The van der Waals surface area contributed by atoms with E-state index in [0.29, 0.717) is 34.9 Å². The van der Waals surface area contributed by atoms with E-state index in [4.69, 9.17) is 9.72 Å². The molecule has 2 heterocycles. The number of nitrogens with one attached hydrogen (secondary N) is 1. The number of ether oxygens (including phenoxy) is 1. The summed E-state index contributed by atoms with van der Waals surface area (Å²) in [5, 5.41) is 0.640. The number of sulfonamides is 1. The van der Waals surface area contributed by atoms with Crippen molar-refractivity contribution in [3.05, 3.63) is 53.0 Å². The molecule has 1 aromatic carbocycles. The Bertz CT molecular complexity index is 1310. The van der Waals surface area contributed by atoms with Crippen molar-refractivity contribution in [2.75, 3.05) is 18.6 Å². The third-order valence-electron chi connectivity index (χ3n) is 6.05. The zero-order chi connectivity index (χ0) is 24.0. The molecule has 1 aromatic heterocycles. The number of nitrogens with zero attached hydrogens (tertiary/aromatic N) is 2. The molecule has 0 unspecified atom stereocenters. The highest BCUT2D eigenvalue weighted by Gasteiger charge is 2.39. The number of hydrogen-bond acceptors (Lipinski definition) is 7. The number of methoxy groups -OCH3 is 1. The van der Waals surface area contributed by atoms with Crippen molar-refractivity contribution in [1.82, 2.24) is 9.71 Å². The minimum atomic E-state index is -4.34. The minimum Gasteiger partial charge on any atom is -0.497 e. The molecule has 2 aliphatic rings. The van der Waals surface area contributed by atoms with Crippen LogP contribution in [0.2, 0.25) is 0 Å². The molecule has 1 saturated heterocycles. The highest BCUT2D eigenvalue weighted by molar-refractivity contribution is 7.95. The van der Waals surface area contributed by atoms with Crippen LogP contribution in [0.4, 0.5) is 5.82 Å². The molecule has 1 atom stereocenters. The average molecular weight is 470 g/mol. The molecule has 2 aromatic rings. The van der Waals surface area contributed by atoms with Gasteiger partial charge in [0.1, 0.15) is 16.5 Å². The summed E-state index contributed by atoms with van der Waals surface area (Å²) in [6.07, 6.45) is 5.14. The van der Waals surface area contributed by atoms with E-state index in [9.17, 15) is 18.0 Å². The smallest absolute Gasteiger partial charge is 0.268 e. The van der Waals surface area contributed by atoms with E-state index in [2.05, 4.69) is 30.4 Å². The maximum absolute atomic E-state index is 13.3. The third kappa shape index (κ3) is 4.37. The van der Waals surface area contributed by atoms with E-state index >= 15 is 0 Å². The lowest BCUT2D eigenvalue weighted by Gasteiger charge is -2.34. The van der Waals surface area contributed by atoms with Crippen molar-refractivity contribution in [2.45, 2.75) is 39.2 Å². The van der Waals surface area contributed by atoms with Crippen LogP contribution >= 0.6 is 0 Å². The van der Waals surface area contributed by atoms with Gasteiger partial charge < -0.3 is 9.64 Å². The van der Waals surface area contributed by atoms with Gasteiger partial charge in [-0.3, -0.25) is 9.59 Å². The Labute approximate surface area is 193 Å². The zero-order valence-electron chi connectivity index (χ0n) is 19.1. The van der Waals surface area contributed by atoms with Crippen molar-refractivity contribution in [2.24, 2.45) is 5.92 Å². The van der Waals surface area contributed by atoms with E-state index in [0.717, 1.165) is 6.42 Å². The second-order valence-corrected chi connectivity index (χ2v) is 10.8. The Kier molecular flexibility index (Phi) is 5.78. The first kappa shape index (κ1) is 23.0. The summed E-state index contributed by atoms with van der Waals surface area (Å²) in [4.78, 5) is 31.8. The quantitative estimate of drug-likeness (QED) is 0.716. The molecule has 0 bridgehead atoms. The highest BCUT2D eigenvalue weighted by Crippen LogP contribution is 2.38. The molecule has 0 saturated carbocycles. The lowest BCUT2D eigenvalue weighted by molar-refractivity contribution is -0.114. The summed E-state index contributed by atoms with van der Waals surface area (Å²) < 4.78 is 33.1. The standard InChI is InChI=1S/C24H27N3O5S/c1-15-13-24(2,3)27(14-15)22-18(12-16-11-17(32-4)9-10-19(16)25-22)23(29)26-33(30,31)21-8-6-5-7-20(21)28/h5-6,8-12,15H,7,13-14H2,1-4H3,(H,26,29)/t15-/m0/s1. The molecule has 1 aliphatic heterocycles. The number of Topliss-reactive ketones (excluding diaryl/α,β-unsaturated/α-hetero) is 1. The molecule has 0 spiro atoms. The van der Waals surface area contributed by atoms with Gasteiger partial charge in [-0.15, -0.1) is 0 Å². The summed E-state index contributed by atoms with van der Waals surface area (Å²) in [6.45, 7) is 6.97. The minimum absolute atomic E-state index is 0.0244. The van der Waals surface area contributed by atoms with Crippen molar-refractivity contribution in [1.29, 1.82) is 0 Å². The Morgan fingerprint density at radius 2 is 2.03 bits per heavy atom. The number of pyridine rings is 1. The lowest BCUT2D eigenvalue weighted by Crippen LogP contribution is -2.41. The first-order valence-corrected chi connectivity index (χ1v) is 12.2. The zero-order valence-corrected chi connectivity index (χ0v) is 19.9.